The summed E-state index contributed by atoms with van der Waals surface area (Å²) in [5, 5.41) is 9.19. The van der Waals surface area contributed by atoms with E-state index in [2.05, 4.69) is 4.98 Å². The number of anilines is 1. The molecule has 1 aromatic carbocycles. The van der Waals surface area contributed by atoms with Gasteiger partial charge in [0.25, 0.3) is 5.91 Å². The van der Waals surface area contributed by atoms with Crippen molar-refractivity contribution in [2.75, 3.05) is 31.6 Å². The predicted molar refractivity (Wildman–Crippen MR) is 105 cm³/mol. The van der Waals surface area contributed by atoms with Gasteiger partial charge in [-0.25, -0.2) is 0 Å². The number of carbonyl (C=O) groups is 2. The van der Waals surface area contributed by atoms with Crippen LogP contribution in [0.25, 0.3) is 0 Å². The summed E-state index contributed by atoms with van der Waals surface area (Å²) in [4.78, 5) is 31.9. The highest BCUT2D eigenvalue weighted by Crippen LogP contribution is 2.26. The number of benzene rings is 1. The zero-order chi connectivity index (χ0) is 19.8. The number of nitrogens with zero attached hydrogens (tertiary/aromatic N) is 4. The van der Waals surface area contributed by atoms with Gasteiger partial charge in [0, 0.05) is 26.7 Å². The van der Waals surface area contributed by atoms with Crippen LogP contribution in [0.2, 0.25) is 5.28 Å². The van der Waals surface area contributed by atoms with Crippen LogP contribution in [-0.4, -0.2) is 58.6 Å². The lowest BCUT2D eigenvalue weighted by Crippen LogP contribution is -2.33. The van der Waals surface area contributed by atoms with Crippen LogP contribution in [0.1, 0.15) is 35.8 Å². The van der Waals surface area contributed by atoms with Crippen LogP contribution < -0.4 is 4.90 Å². The molecule has 2 rings (SSSR count). The molecule has 0 aliphatic rings. The van der Waals surface area contributed by atoms with Gasteiger partial charge in [-0.3, -0.25) is 14.5 Å². The first-order chi connectivity index (χ1) is 13.0. The Labute approximate surface area is 164 Å². The number of rotatable bonds is 10. The number of aliphatic hydroxyl groups is 1. The van der Waals surface area contributed by atoms with E-state index < -0.39 is 0 Å². The largest absolute Gasteiger partial charge is 0.396 e. The molecule has 1 aromatic heterocycles. The Bertz CT molecular complexity index is 764. The maximum absolute atomic E-state index is 13.1. The molecule has 0 radical (unpaired) electrons. The first-order valence-electron chi connectivity index (χ1n) is 8.91. The smallest absolute Gasteiger partial charge is 0.274 e. The summed E-state index contributed by atoms with van der Waals surface area (Å²) in [5.74, 6) is -0.0367. The van der Waals surface area contributed by atoms with Crippen LogP contribution in [0, 0.1) is 0 Å². The summed E-state index contributed by atoms with van der Waals surface area (Å²) in [6.45, 7) is 3.11. The lowest BCUT2D eigenvalue weighted by molar-refractivity contribution is -0.107. The van der Waals surface area contributed by atoms with Gasteiger partial charge in [0.15, 0.2) is 11.5 Å². The fourth-order valence-corrected chi connectivity index (χ4v) is 3.00. The summed E-state index contributed by atoms with van der Waals surface area (Å²) in [6.07, 6.45) is 1.85. The fourth-order valence-electron chi connectivity index (χ4n) is 2.77. The van der Waals surface area contributed by atoms with Crippen molar-refractivity contribution < 1.29 is 14.7 Å². The molecule has 0 atom stereocenters. The molecule has 1 N–H and O–H groups in total. The second-order valence-corrected chi connectivity index (χ2v) is 6.57. The summed E-state index contributed by atoms with van der Waals surface area (Å²) >= 11 is 6.35. The van der Waals surface area contributed by atoms with E-state index >= 15 is 0 Å². The fraction of sp³-hybridized carbons (Fsp3) is 0.421. The van der Waals surface area contributed by atoms with Crippen LogP contribution in [0.5, 0.6) is 0 Å². The summed E-state index contributed by atoms with van der Waals surface area (Å²) in [5.41, 5.74) is 1.23. The van der Waals surface area contributed by atoms with Crippen molar-refractivity contribution in [1.29, 1.82) is 0 Å². The third-order valence-electron chi connectivity index (χ3n) is 4.15. The van der Waals surface area contributed by atoms with Gasteiger partial charge in [0.05, 0.1) is 6.54 Å². The molecular weight excluding hydrogens is 368 g/mol. The molecule has 7 nitrogen and oxygen atoms in total. The highest BCUT2D eigenvalue weighted by atomic mass is 35.5. The first kappa shape index (κ1) is 20.9. The summed E-state index contributed by atoms with van der Waals surface area (Å²) in [6, 6.07) is 9.59. The second kappa shape index (κ2) is 10.1. The Balaban J connectivity index is 2.49. The van der Waals surface area contributed by atoms with Crippen molar-refractivity contribution in [2.45, 2.75) is 26.3 Å². The third kappa shape index (κ3) is 5.08. The average molecular weight is 393 g/mol. The van der Waals surface area contributed by atoms with Gasteiger partial charge in [-0.1, -0.05) is 37.3 Å². The number of hydrogen-bond donors (Lipinski definition) is 1. The molecule has 0 unspecified atom stereocenters. The Hall–Kier alpha value is -2.38. The van der Waals surface area contributed by atoms with Crippen LogP contribution in [0.3, 0.4) is 0 Å². The van der Waals surface area contributed by atoms with E-state index in [9.17, 15) is 9.59 Å². The standard InChI is InChI=1S/C19H25ClN4O3/c1-3-10-23(14-26)17-16(18(27)22(2)11-7-12-25)24(19(20)21-17)13-15-8-5-4-6-9-15/h4-6,8-9,14,25H,3,7,10-13H2,1-2H3. The van der Waals surface area contributed by atoms with E-state index in [1.807, 2.05) is 37.3 Å². The van der Waals surface area contributed by atoms with Crippen molar-refractivity contribution >= 4 is 29.7 Å². The molecule has 0 aliphatic heterocycles. The number of halogens is 1. The van der Waals surface area contributed by atoms with Crippen LogP contribution >= 0.6 is 11.6 Å². The molecule has 0 spiro atoms. The van der Waals surface area contributed by atoms with Gasteiger partial charge in [-0.05, 0) is 30.0 Å². The zero-order valence-corrected chi connectivity index (χ0v) is 16.4. The van der Waals surface area contributed by atoms with Crippen LogP contribution in [-0.2, 0) is 11.3 Å². The topological polar surface area (TPSA) is 78.7 Å². The van der Waals surface area contributed by atoms with Gasteiger partial charge in [-0.2, -0.15) is 4.98 Å². The monoisotopic (exact) mass is 392 g/mol. The molecule has 0 saturated carbocycles. The lowest BCUT2D eigenvalue weighted by Gasteiger charge is -2.21. The van der Waals surface area contributed by atoms with Gasteiger partial charge in [0.2, 0.25) is 11.7 Å². The number of hydrogen-bond acceptors (Lipinski definition) is 4. The molecule has 0 aliphatic carbocycles. The van der Waals surface area contributed by atoms with Gasteiger partial charge in [0.1, 0.15) is 0 Å². The first-order valence-corrected chi connectivity index (χ1v) is 9.29. The van der Waals surface area contributed by atoms with Crippen molar-refractivity contribution in [2.24, 2.45) is 0 Å². The Kier molecular flexibility index (Phi) is 7.82. The van der Waals surface area contributed by atoms with E-state index in [0.29, 0.717) is 32.5 Å². The predicted octanol–water partition coefficient (Wildman–Crippen LogP) is 2.41. The molecule has 0 bridgehead atoms. The minimum Gasteiger partial charge on any atom is -0.396 e. The van der Waals surface area contributed by atoms with Crippen molar-refractivity contribution in [3.8, 4) is 0 Å². The quantitative estimate of drug-likeness (QED) is 0.630. The minimum absolute atomic E-state index is 0.00912. The van der Waals surface area contributed by atoms with Gasteiger partial charge < -0.3 is 14.6 Å². The molecule has 8 heteroatoms. The third-order valence-corrected chi connectivity index (χ3v) is 4.44. The Morgan fingerprint density at radius 3 is 2.59 bits per heavy atom. The van der Waals surface area contributed by atoms with Gasteiger partial charge >= 0.3 is 0 Å². The van der Waals surface area contributed by atoms with Crippen LogP contribution in [0.4, 0.5) is 5.82 Å². The normalized spacial score (nSPS) is 10.7. The molecule has 2 amide bonds. The van der Waals surface area contributed by atoms with Crippen LogP contribution in [0.15, 0.2) is 30.3 Å². The number of carbonyl (C=O) groups excluding carboxylic acids is 2. The number of imidazole rings is 1. The Morgan fingerprint density at radius 1 is 1.30 bits per heavy atom. The highest BCUT2D eigenvalue weighted by molar-refractivity contribution is 6.29. The number of aromatic nitrogens is 2. The van der Waals surface area contributed by atoms with E-state index in [4.69, 9.17) is 16.7 Å². The Morgan fingerprint density at radius 2 is 2.00 bits per heavy atom. The van der Waals surface area contributed by atoms with E-state index in [0.717, 1.165) is 12.0 Å². The molecule has 0 saturated heterocycles. The molecule has 27 heavy (non-hydrogen) atoms. The maximum Gasteiger partial charge on any atom is 0.274 e. The van der Waals surface area contributed by atoms with Crippen molar-refractivity contribution in [3.05, 3.63) is 46.9 Å². The number of amides is 2. The molecule has 0 fully saturated rings. The second-order valence-electron chi connectivity index (χ2n) is 6.23. The zero-order valence-electron chi connectivity index (χ0n) is 15.6. The van der Waals surface area contributed by atoms with Crippen molar-refractivity contribution in [3.63, 3.8) is 0 Å². The summed E-state index contributed by atoms with van der Waals surface area (Å²) in [7, 11) is 1.65. The van der Waals surface area contributed by atoms with E-state index in [-0.39, 0.29) is 29.3 Å². The van der Waals surface area contributed by atoms with Gasteiger partial charge in [-0.15, -0.1) is 0 Å². The lowest BCUT2D eigenvalue weighted by atomic mass is 10.2. The molecule has 2 aromatic rings. The maximum atomic E-state index is 13.1. The average Bonchev–Trinajstić information content (AvgIpc) is 3.00. The number of aliphatic hydroxyl groups excluding tert-OH is 1. The highest BCUT2D eigenvalue weighted by Gasteiger charge is 2.28. The molecular formula is C19H25ClN4O3. The van der Waals surface area contributed by atoms with E-state index in [1.54, 1.807) is 11.6 Å². The SMILES string of the molecule is CCCN(C=O)c1nc(Cl)n(Cc2ccccc2)c1C(=O)N(C)CCCO. The summed E-state index contributed by atoms with van der Waals surface area (Å²) < 4.78 is 1.62. The van der Waals surface area contributed by atoms with E-state index in [1.165, 1.54) is 9.80 Å². The molecule has 1 heterocycles. The van der Waals surface area contributed by atoms with Crippen molar-refractivity contribution in [1.82, 2.24) is 14.5 Å². The minimum atomic E-state index is -0.295. The molecule has 146 valence electrons.